The molecule has 0 aromatic rings. The molecule has 1 atom stereocenters. The van der Waals surface area contributed by atoms with Gasteiger partial charge in [0.2, 0.25) is 5.91 Å². The minimum Gasteiger partial charge on any atom is -0.343 e. The predicted molar refractivity (Wildman–Crippen MR) is 79.9 cm³/mol. The monoisotopic (exact) mass is 269 g/mol. The Hall–Kier alpha value is -0.610. The molecule has 0 saturated carbocycles. The van der Waals surface area contributed by atoms with Crippen molar-refractivity contribution in [1.82, 2.24) is 9.80 Å². The number of likely N-dealkylation sites (tertiary alicyclic amines) is 1. The Morgan fingerprint density at radius 1 is 1.37 bits per heavy atom. The van der Waals surface area contributed by atoms with Crippen molar-refractivity contribution in [3.8, 4) is 0 Å². The first-order valence-electron chi connectivity index (χ1n) is 7.58. The third-order valence-electron chi connectivity index (χ3n) is 4.23. The standard InChI is InChI=1S/C15H31N3O/c1-12(2)9-13(11-16)10-15(19)18(4)14-5-7-17(3)8-6-14/h12-14H,5-11,16H2,1-4H3. The number of hydrogen-bond acceptors (Lipinski definition) is 3. The van der Waals surface area contributed by atoms with Crippen LogP contribution in [0.1, 0.15) is 39.5 Å². The molecule has 2 N–H and O–H groups in total. The smallest absolute Gasteiger partial charge is 0.222 e. The molecule has 1 unspecified atom stereocenters. The average molecular weight is 269 g/mol. The number of piperidine rings is 1. The van der Waals surface area contributed by atoms with Crippen LogP contribution in [0.5, 0.6) is 0 Å². The lowest BCUT2D eigenvalue weighted by Crippen LogP contribution is -2.45. The average Bonchev–Trinajstić information content (AvgIpc) is 2.37. The first-order chi connectivity index (χ1) is 8.93. The highest BCUT2D eigenvalue weighted by Gasteiger charge is 2.25. The molecule has 0 aliphatic carbocycles. The maximum Gasteiger partial charge on any atom is 0.222 e. The second kappa shape index (κ2) is 7.85. The van der Waals surface area contributed by atoms with Crippen molar-refractivity contribution < 1.29 is 4.79 Å². The van der Waals surface area contributed by atoms with Crippen LogP contribution in [0.3, 0.4) is 0 Å². The summed E-state index contributed by atoms with van der Waals surface area (Å²) in [6, 6.07) is 0.418. The normalized spacial score (nSPS) is 19.7. The van der Waals surface area contributed by atoms with Crippen LogP contribution >= 0.6 is 0 Å². The van der Waals surface area contributed by atoms with E-state index in [0.717, 1.165) is 32.4 Å². The van der Waals surface area contributed by atoms with Crippen molar-refractivity contribution in [2.75, 3.05) is 33.7 Å². The largest absolute Gasteiger partial charge is 0.343 e. The summed E-state index contributed by atoms with van der Waals surface area (Å²) in [6.07, 6.45) is 3.84. The summed E-state index contributed by atoms with van der Waals surface area (Å²) in [5, 5.41) is 0. The van der Waals surface area contributed by atoms with E-state index in [1.807, 2.05) is 11.9 Å². The van der Waals surface area contributed by atoms with Crippen LogP contribution in [0, 0.1) is 11.8 Å². The quantitative estimate of drug-likeness (QED) is 0.796. The van der Waals surface area contributed by atoms with E-state index in [0.29, 0.717) is 30.8 Å². The SMILES string of the molecule is CC(C)CC(CN)CC(=O)N(C)C1CCN(C)CC1. The van der Waals surface area contributed by atoms with E-state index in [1.165, 1.54) is 0 Å². The fourth-order valence-electron chi connectivity index (χ4n) is 2.91. The third-order valence-corrected chi connectivity index (χ3v) is 4.23. The van der Waals surface area contributed by atoms with Gasteiger partial charge in [0.1, 0.15) is 0 Å². The van der Waals surface area contributed by atoms with Crippen molar-refractivity contribution in [2.45, 2.75) is 45.6 Å². The van der Waals surface area contributed by atoms with E-state index < -0.39 is 0 Å². The Morgan fingerprint density at radius 2 is 1.95 bits per heavy atom. The zero-order chi connectivity index (χ0) is 14.4. The molecule has 0 aromatic heterocycles. The second-order valence-electron chi connectivity index (χ2n) is 6.47. The van der Waals surface area contributed by atoms with E-state index in [1.54, 1.807) is 0 Å². The number of nitrogens with zero attached hydrogens (tertiary/aromatic N) is 2. The minimum atomic E-state index is 0.269. The van der Waals surface area contributed by atoms with Gasteiger partial charge in [-0.2, -0.15) is 0 Å². The molecule has 1 aliphatic rings. The number of rotatable bonds is 6. The molecular weight excluding hydrogens is 238 g/mol. The number of carbonyl (C=O) groups is 1. The lowest BCUT2D eigenvalue weighted by atomic mass is 9.93. The number of amides is 1. The van der Waals surface area contributed by atoms with Gasteiger partial charge in [-0.05, 0) is 57.8 Å². The Kier molecular flexibility index (Phi) is 6.80. The lowest BCUT2D eigenvalue weighted by molar-refractivity contribution is -0.133. The molecule has 0 radical (unpaired) electrons. The fourth-order valence-corrected chi connectivity index (χ4v) is 2.91. The van der Waals surface area contributed by atoms with Crippen LogP contribution in [0.4, 0.5) is 0 Å². The lowest BCUT2D eigenvalue weighted by Gasteiger charge is -2.35. The zero-order valence-corrected chi connectivity index (χ0v) is 13.1. The summed E-state index contributed by atoms with van der Waals surface area (Å²) in [4.78, 5) is 16.6. The molecule has 1 amide bonds. The molecule has 1 rings (SSSR count). The summed E-state index contributed by atoms with van der Waals surface area (Å²) >= 11 is 0. The van der Waals surface area contributed by atoms with Crippen LogP contribution in [-0.4, -0.2) is 55.5 Å². The van der Waals surface area contributed by atoms with Crippen molar-refractivity contribution in [1.29, 1.82) is 0 Å². The Balaban J connectivity index is 2.42. The van der Waals surface area contributed by atoms with Gasteiger partial charge in [0.05, 0.1) is 0 Å². The summed E-state index contributed by atoms with van der Waals surface area (Å²) in [5.41, 5.74) is 5.79. The molecule has 1 aliphatic heterocycles. The molecule has 4 nitrogen and oxygen atoms in total. The van der Waals surface area contributed by atoms with Gasteiger partial charge >= 0.3 is 0 Å². The van der Waals surface area contributed by atoms with Crippen LogP contribution in [0.15, 0.2) is 0 Å². The highest BCUT2D eigenvalue weighted by molar-refractivity contribution is 5.76. The van der Waals surface area contributed by atoms with Gasteiger partial charge in [0.15, 0.2) is 0 Å². The van der Waals surface area contributed by atoms with Gasteiger partial charge in [-0.1, -0.05) is 13.8 Å². The Bertz CT molecular complexity index is 273. The molecule has 1 saturated heterocycles. The van der Waals surface area contributed by atoms with Gasteiger partial charge in [0.25, 0.3) is 0 Å². The molecule has 1 heterocycles. The van der Waals surface area contributed by atoms with Gasteiger partial charge in [-0.15, -0.1) is 0 Å². The van der Waals surface area contributed by atoms with E-state index in [9.17, 15) is 4.79 Å². The zero-order valence-electron chi connectivity index (χ0n) is 13.1. The molecule has 19 heavy (non-hydrogen) atoms. The molecule has 4 heteroatoms. The van der Waals surface area contributed by atoms with Gasteiger partial charge in [-0.3, -0.25) is 4.79 Å². The third kappa shape index (κ3) is 5.49. The van der Waals surface area contributed by atoms with Crippen LogP contribution < -0.4 is 5.73 Å². The Labute approximate surface area is 118 Å². The highest BCUT2D eigenvalue weighted by Crippen LogP contribution is 2.19. The van der Waals surface area contributed by atoms with E-state index in [-0.39, 0.29) is 5.91 Å². The summed E-state index contributed by atoms with van der Waals surface area (Å²) < 4.78 is 0. The topological polar surface area (TPSA) is 49.6 Å². The summed E-state index contributed by atoms with van der Waals surface area (Å²) in [5.74, 6) is 1.21. The molecular formula is C15H31N3O. The van der Waals surface area contributed by atoms with E-state index in [2.05, 4.69) is 25.8 Å². The van der Waals surface area contributed by atoms with Crippen molar-refractivity contribution in [3.05, 3.63) is 0 Å². The Morgan fingerprint density at radius 3 is 2.42 bits per heavy atom. The highest BCUT2D eigenvalue weighted by atomic mass is 16.2. The maximum atomic E-state index is 12.3. The number of hydrogen-bond donors (Lipinski definition) is 1. The molecule has 0 aromatic carbocycles. The molecule has 1 fully saturated rings. The van der Waals surface area contributed by atoms with Crippen molar-refractivity contribution in [3.63, 3.8) is 0 Å². The van der Waals surface area contributed by atoms with Crippen molar-refractivity contribution >= 4 is 5.91 Å². The fraction of sp³-hybridized carbons (Fsp3) is 0.933. The van der Waals surface area contributed by atoms with Crippen LogP contribution in [0.25, 0.3) is 0 Å². The summed E-state index contributed by atoms with van der Waals surface area (Å²) in [7, 11) is 4.10. The first kappa shape index (κ1) is 16.4. The van der Waals surface area contributed by atoms with E-state index in [4.69, 9.17) is 5.73 Å². The van der Waals surface area contributed by atoms with Crippen LogP contribution in [0.2, 0.25) is 0 Å². The second-order valence-corrected chi connectivity index (χ2v) is 6.47. The summed E-state index contributed by atoms with van der Waals surface area (Å²) in [6.45, 7) is 7.18. The van der Waals surface area contributed by atoms with Gasteiger partial charge in [-0.25, -0.2) is 0 Å². The molecule has 0 spiro atoms. The molecule has 112 valence electrons. The van der Waals surface area contributed by atoms with Gasteiger partial charge in [0, 0.05) is 19.5 Å². The maximum absolute atomic E-state index is 12.3. The van der Waals surface area contributed by atoms with Crippen molar-refractivity contribution in [2.24, 2.45) is 17.6 Å². The van der Waals surface area contributed by atoms with E-state index >= 15 is 0 Å². The van der Waals surface area contributed by atoms with Gasteiger partial charge < -0.3 is 15.5 Å². The van der Waals surface area contributed by atoms with Crippen LogP contribution in [-0.2, 0) is 4.79 Å². The minimum absolute atomic E-state index is 0.269. The number of carbonyl (C=O) groups excluding carboxylic acids is 1. The first-order valence-corrected chi connectivity index (χ1v) is 7.58. The molecule has 0 bridgehead atoms. The number of nitrogens with two attached hydrogens (primary N) is 1. The predicted octanol–water partition coefficient (Wildman–Crippen LogP) is 1.55.